The fourth-order valence-corrected chi connectivity index (χ4v) is 2.12. The van der Waals surface area contributed by atoms with Gasteiger partial charge in [0.15, 0.2) is 6.61 Å². The minimum Gasteiger partial charge on any atom is -0.454 e. The Morgan fingerprint density at radius 1 is 1.12 bits per heavy atom. The molecular weight excluding hydrogens is 358 g/mol. The van der Waals surface area contributed by atoms with Gasteiger partial charge in [0.2, 0.25) is 0 Å². The topological polar surface area (TPSA) is 108 Å². The standard InChI is InChI=1S/C18H14ClN3O4/c19-14-7-6-13(9-20)15(8-14)22-16(23)11-26-17(24)10-21-18(25)12-4-2-1-3-5-12/h1-8H,10-11H2,(H,21,25)(H,22,23). The molecule has 2 rings (SSSR count). The number of nitriles is 1. The Hall–Kier alpha value is -3.37. The Morgan fingerprint density at radius 2 is 1.85 bits per heavy atom. The summed E-state index contributed by atoms with van der Waals surface area (Å²) in [5, 5.41) is 14.2. The minimum absolute atomic E-state index is 0.221. The summed E-state index contributed by atoms with van der Waals surface area (Å²) >= 11 is 5.82. The summed E-state index contributed by atoms with van der Waals surface area (Å²) in [6, 6.07) is 14.7. The minimum atomic E-state index is -0.768. The van der Waals surface area contributed by atoms with Crippen molar-refractivity contribution in [3.63, 3.8) is 0 Å². The Labute approximate surface area is 154 Å². The van der Waals surface area contributed by atoms with Gasteiger partial charge in [-0.05, 0) is 30.3 Å². The number of anilines is 1. The maximum Gasteiger partial charge on any atom is 0.325 e. The number of hydrogen-bond donors (Lipinski definition) is 2. The molecule has 0 unspecified atom stereocenters. The van der Waals surface area contributed by atoms with Gasteiger partial charge in [-0.1, -0.05) is 29.8 Å². The molecule has 0 saturated heterocycles. The van der Waals surface area contributed by atoms with Crippen LogP contribution in [0.3, 0.4) is 0 Å². The molecule has 2 amide bonds. The molecular formula is C18H14ClN3O4. The maximum absolute atomic E-state index is 11.8. The summed E-state index contributed by atoms with van der Waals surface area (Å²) in [6.45, 7) is -0.932. The lowest BCUT2D eigenvalue weighted by Gasteiger charge is -2.09. The van der Waals surface area contributed by atoms with Crippen molar-refractivity contribution >= 4 is 35.1 Å². The third kappa shape index (κ3) is 5.61. The van der Waals surface area contributed by atoms with E-state index in [9.17, 15) is 14.4 Å². The van der Waals surface area contributed by atoms with E-state index in [1.165, 1.54) is 18.2 Å². The number of carbonyl (C=O) groups is 3. The predicted molar refractivity (Wildman–Crippen MR) is 94.5 cm³/mol. The molecule has 0 aliphatic carbocycles. The second kappa shape index (κ2) is 9.20. The molecule has 132 valence electrons. The third-order valence-electron chi connectivity index (χ3n) is 3.17. The average Bonchev–Trinajstić information content (AvgIpc) is 2.65. The number of nitrogens with zero attached hydrogens (tertiary/aromatic N) is 1. The molecule has 0 radical (unpaired) electrons. The number of ether oxygens (including phenoxy) is 1. The van der Waals surface area contributed by atoms with Crippen molar-refractivity contribution in [1.29, 1.82) is 5.26 Å². The predicted octanol–water partition coefficient (Wildman–Crippen LogP) is 2.12. The molecule has 0 bridgehead atoms. The van der Waals surface area contributed by atoms with E-state index in [0.29, 0.717) is 10.6 Å². The molecule has 0 saturated carbocycles. The number of benzene rings is 2. The van der Waals surface area contributed by atoms with Gasteiger partial charge < -0.3 is 15.4 Å². The van der Waals surface area contributed by atoms with E-state index < -0.39 is 24.4 Å². The number of rotatable bonds is 6. The monoisotopic (exact) mass is 371 g/mol. The van der Waals surface area contributed by atoms with Crippen LogP contribution < -0.4 is 10.6 Å². The fraction of sp³-hybridized carbons (Fsp3) is 0.111. The van der Waals surface area contributed by atoms with Crippen LogP contribution in [0, 0.1) is 11.3 Å². The Morgan fingerprint density at radius 3 is 2.54 bits per heavy atom. The van der Waals surface area contributed by atoms with Gasteiger partial charge in [0.05, 0.1) is 11.3 Å². The van der Waals surface area contributed by atoms with Gasteiger partial charge >= 0.3 is 5.97 Å². The summed E-state index contributed by atoms with van der Waals surface area (Å²) in [5.41, 5.74) is 0.852. The molecule has 0 atom stereocenters. The van der Waals surface area contributed by atoms with Crippen LogP contribution in [0.1, 0.15) is 15.9 Å². The first-order valence-corrected chi connectivity index (χ1v) is 7.86. The lowest BCUT2D eigenvalue weighted by Crippen LogP contribution is -2.32. The second-order valence-electron chi connectivity index (χ2n) is 5.06. The Kier molecular flexibility index (Phi) is 6.71. The lowest BCUT2D eigenvalue weighted by atomic mass is 10.2. The van der Waals surface area contributed by atoms with Crippen LogP contribution in [0.15, 0.2) is 48.5 Å². The van der Waals surface area contributed by atoms with Crippen LogP contribution in [0.4, 0.5) is 5.69 Å². The summed E-state index contributed by atoms with van der Waals surface area (Å²) < 4.78 is 4.78. The number of amides is 2. The van der Waals surface area contributed by atoms with Crippen molar-refractivity contribution in [2.24, 2.45) is 0 Å². The first kappa shape index (κ1) is 19.0. The SMILES string of the molecule is N#Cc1ccc(Cl)cc1NC(=O)COC(=O)CNC(=O)c1ccccc1. The normalized spacial score (nSPS) is 9.69. The molecule has 8 heteroatoms. The molecule has 0 fully saturated rings. The number of hydrogen-bond acceptors (Lipinski definition) is 5. The van der Waals surface area contributed by atoms with E-state index in [-0.39, 0.29) is 17.8 Å². The van der Waals surface area contributed by atoms with E-state index >= 15 is 0 Å². The first-order chi connectivity index (χ1) is 12.5. The van der Waals surface area contributed by atoms with Gasteiger partial charge in [-0.25, -0.2) is 0 Å². The molecule has 0 aromatic heterocycles. The molecule has 0 heterocycles. The second-order valence-corrected chi connectivity index (χ2v) is 5.50. The van der Waals surface area contributed by atoms with Crippen molar-refractivity contribution in [3.8, 4) is 6.07 Å². The van der Waals surface area contributed by atoms with Gasteiger partial charge in [-0.15, -0.1) is 0 Å². The van der Waals surface area contributed by atoms with Crippen molar-refractivity contribution < 1.29 is 19.1 Å². The van der Waals surface area contributed by atoms with Crippen molar-refractivity contribution in [2.75, 3.05) is 18.5 Å². The van der Waals surface area contributed by atoms with Crippen LogP contribution in [-0.4, -0.2) is 30.9 Å². The summed E-state index contributed by atoms with van der Waals surface area (Å²) in [5.74, 6) is -1.83. The molecule has 2 N–H and O–H groups in total. The summed E-state index contributed by atoms with van der Waals surface area (Å²) in [6.07, 6.45) is 0. The highest BCUT2D eigenvalue weighted by Crippen LogP contribution is 2.20. The van der Waals surface area contributed by atoms with E-state index in [2.05, 4.69) is 10.6 Å². The molecule has 0 spiro atoms. The van der Waals surface area contributed by atoms with Gasteiger partial charge in [0.25, 0.3) is 11.8 Å². The zero-order valence-electron chi connectivity index (χ0n) is 13.5. The Balaban J connectivity index is 1.79. The highest BCUT2D eigenvalue weighted by Gasteiger charge is 2.12. The molecule has 0 aliphatic rings. The smallest absolute Gasteiger partial charge is 0.325 e. The lowest BCUT2D eigenvalue weighted by molar-refractivity contribution is -0.146. The fourth-order valence-electron chi connectivity index (χ4n) is 1.94. The number of nitrogens with one attached hydrogen (secondary N) is 2. The quantitative estimate of drug-likeness (QED) is 0.756. The van der Waals surface area contributed by atoms with Crippen LogP contribution in [0.25, 0.3) is 0 Å². The zero-order valence-corrected chi connectivity index (χ0v) is 14.2. The number of esters is 1. The average molecular weight is 372 g/mol. The summed E-state index contributed by atoms with van der Waals surface area (Å²) in [7, 11) is 0. The molecule has 2 aromatic rings. The van der Waals surface area contributed by atoms with E-state index in [1.807, 2.05) is 6.07 Å². The Bertz CT molecular complexity index is 862. The van der Waals surface area contributed by atoms with Gasteiger partial charge in [0, 0.05) is 10.6 Å². The summed E-state index contributed by atoms with van der Waals surface area (Å²) in [4.78, 5) is 35.2. The molecule has 2 aromatic carbocycles. The highest BCUT2D eigenvalue weighted by atomic mass is 35.5. The van der Waals surface area contributed by atoms with Crippen LogP contribution in [0.5, 0.6) is 0 Å². The van der Waals surface area contributed by atoms with E-state index in [4.69, 9.17) is 21.6 Å². The molecule has 7 nitrogen and oxygen atoms in total. The number of carbonyl (C=O) groups excluding carboxylic acids is 3. The largest absolute Gasteiger partial charge is 0.454 e. The third-order valence-corrected chi connectivity index (χ3v) is 3.40. The van der Waals surface area contributed by atoms with Crippen LogP contribution in [0.2, 0.25) is 5.02 Å². The van der Waals surface area contributed by atoms with Crippen molar-refractivity contribution in [3.05, 3.63) is 64.7 Å². The van der Waals surface area contributed by atoms with Crippen LogP contribution in [-0.2, 0) is 14.3 Å². The highest BCUT2D eigenvalue weighted by molar-refractivity contribution is 6.31. The number of halogens is 1. The zero-order chi connectivity index (χ0) is 18.9. The van der Waals surface area contributed by atoms with Crippen LogP contribution >= 0.6 is 11.6 Å². The molecule has 26 heavy (non-hydrogen) atoms. The first-order valence-electron chi connectivity index (χ1n) is 7.48. The van der Waals surface area contributed by atoms with Gasteiger partial charge in [0.1, 0.15) is 12.6 Å². The van der Waals surface area contributed by atoms with Crippen molar-refractivity contribution in [1.82, 2.24) is 5.32 Å². The van der Waals surface area contributed by atoms with Gasteiger partial charge in [-0.3, -0.25) is 14.4 Å². The molecule has 0 aliphatic heterocycles. The van der Waals surface area contributed by atoms with E-state index in [1.54, 1.807) is 30.3 Å². The maximum atomic E-state index is 11.8. The van der Waals surface area contributed by atoms with Crippen molar-refractivity contribution in [2.45, 2.75) is 0 Å². The van der Waals surface area contributed by atoms with Gasteiger partial charge in [-0.2, -0.15) is 5.26 Å². The van der Waals surface area contributed by atoms with E-state index in [0.717, 1.165) is 0 Å².